The van der Waals surface area contributed by atoms with E-state index >= 15 is 0 Å². The Kier molecular flexibility index (Phi) is 7.18. The summed E-state index contributed by atoms with van der Waals surface area (Å²) >= 11 is 0. The molecule has 0 radical (unpaired) electrons. The second kappa shape index (κ2) is 9.74. The molecule has 0 saturated carbocycles. The molecule has 2 heterocycles. The Morgan fingerprint density at radius 3 is 2.44 bits per heavy atom. The number of pyridine rings is 1. The maximum Gasteiger partial charge on any atom is 0.413 e. The minimum Gasteiger partial charge on any atom is -0.444 e. The number of nitrogens with zero attached hydrogens (tertiary/aromatic N) is 2. The number of piperidine rings is 1. The van der Waals surface area contributed by atoms with Crippen LogP contribution in [0.25, 0.3) is 0 Å². The Bertz CT molecular complexity index is 1070. The summed E-state index contributed by atoms with van der Waals surface area (Å²) in [5.41, 5.74) is 0.612. The molecule has 1 aromatic heterocycles. The Balaban J connectivity index is 1.70. The van der Waals surface area contributed by atoms with Crippen LogP contribution in [0.1, 0.15) is 50.8 Å². The van der Waals surface area contributed by atoms with Gasteiger partial charge in [0.05, 0.1) is 17.9 Å². The van der Waals surface area contributed by atoms with Gasteiger partial charge in [0.1, 0.15) is 11.4 Å². The molecule has 1 atom stereocenters. The normalized spacial score (nSPS) is 17.6. The monoisotopic (exact) mass is 474 g/mol. The maximum absolute atomic E-state index is 14.1. The lowest BCUT2D eigenvalue weighted by atomic mass is 9.92. The first-order valence-corrected chi connectivity index (χ1v) is 10.9. The van der Waals surface area contributed by atoms with Crippen molar-refractivity contribution in [2.45, 2.75) is 58.1 Å². The van der Waals surface area contributed by atoms with Crippen molar-refractivity contribution >= 4 is 29.4 Å². The van der Waals surface area contributed by atoms with Gasteiger partial charge in [0.15, 0.2) is 0 Å². The number of alkyl halides is 2. The summed E-state index contributed by atoms with van der Waals surface area (Å²) in [6.45, 7) is 6.61. The fourth-order valence-corrected chi connectivity index (χ4v) is 3.64. The molecule has 1 saturated heterocycles. The summed E-state index contributed by atoms with van der Waals surface area (Å²) in [4.78, 5) is 42.8. The highest BCUT2D eigenvalue weighted by molar-refractivity contribution is 6.39. The van der Waals surface area contributed by atoms with E-state index in [9.17, 15) is 23.2 Å². The number of hydrogen-bond donors (Lipinski definition) is 2. The van der Waals surface area contributed by atoms with Crippen molar-refractivity contribution in [3.8, 4) is 0 Å². The molecule has 1 aromatic carbocycles. The molecule has 2 N–H and O–H groups in total. The first-order valence-electron chi connectivity index (χ1n) is 10.9. The van der Waals surface area contributed by atoms with Crippen LogP contribution >= 0.6 is 0 Å². The van der Waals surface area contributed by atoms with E-state index in [1.165, 1.54) is 17.2 Å². The fourth-order valence-electron chi connectivity index (χ4n) is 3.64. The van der Waals surface area contributed by atoms with Crippen LogP contribution in [0.5, 0.6) is 0 Å². The third-order valence-electron chi connectivity index (χ3n) is 5.18. The number of anilines is 2. The van der Waals surface area contributed by atoms with E-state index in [0.29, 0.717) is 11.1 Å². The van der Waals surface area contributed by atoms with E-state index in [-0.39, 0.29) is 18.1 Å². The van der Waals surface area contributed by atoms with Gasteiger partial charge < -0.3 is 15.0 Å². The van der Waals surface area contributed by atoms with Crippen molar-refractivity contribution in [1.82, 2.24) is 9.88 Å². The van der Waals surface area contributed by atoms with Gasteiger partial charge in [-0.05, 0) is 44.9 Å². The zero-order valence-electron chi connectivity index (χ0n) is 19.5. The lowest BCUT2D eigenvalue weighted by molar-refractivity contribution is -0.151. The average Bonchev–Trinajstić information content (AvgIpc) is 2.74. The molecule has 34 heavy (non-hydrogen) atoms. The number of carbonyl (C=O) groups excluding carboxylic acids is 3. The zero-order valence-corrected chi connectivity index (χ0v) is 19.5. The van der Waals surface area contributed by atoms with Crippen molar-refractivity contribution in [1.29, 1.82) is 0 Å². The van der Waals surface area contributed by atoms with Gasteiger partial charge >= 0.3 is 17.9 Å². The summed E-state index contributed by atoms with van der Waals surface area (Å²) in [5, 5.41) is 4.99. The van der Waals surface area contributed by atoms with Crippen molar-refractivity contribution in [3.05, 3.63) is 53.7 Å². The Morgan fingerprint density at radius 1 is 1.15 bits per heavy atom. The van der Waals surface area contributed by atoms with Crippen LogP contribution in [0.3, 0.4) is 0 Å². The number of likely N-dealkylation sites (tertiary alicyclic amines) is 1. The largest absolute Gasteiger partial charge is 0.444 e. The number of hydrogen-bond acceptors (Lipinski definition) is 5. The number of aryl methyl sites for hydroxylation is 1. The van der Waals surface area contributed by atoms with Crippen LogP contribution in [-0.2, 0) is 14.3 Å². The molecule has 0 spiro atoms. The van der Waals surface area contributed by atoms with Crippen LogP contribution in [0.2, 0.25) is 0 Å². The van der Waals surface area contributed by atoms with Gasteiger partial charge in [0.2, 0.25) is 0 Å². The molecule has 8 nitrogen and oxygen atoms in total. The topological polar surface area (TPSA) is 101 Å². The van der Waals surface area contributed by atoms with Gasteiger partial charge in [0, 0.05) is 19.4 Å². The molecule has 1 aliphatic rings. The predicted octanol–water partition coefficient (Wildman–Crippen LogP) is 4.67. The van der Waals surface area contributed by atoms with E-state index in [1.807, 2.05) is 0 Å². The summed E-state index contributed by atoms with van der Waals surface area (Å²) in [5.74, 6) is -4.55. The Hall–Kier alpha value is -3.56. The number of carbonyl (C=O) groups is 3. The quantitative estimate of drug-likeness (QED) is 0.630. The van der Waals surface area contributed by atoms with Crippen LogP contribution < -0.4 is 10.6 Å². The molecule has 1 fully saturated rings. The highest BCUT2D eigenvalue weighted by Gasteiger charge is 2.44. The van der Waals surface area contributed by atoms with Gasteiger partial charge in [0.25, 0.3) is 5.92 Å². The summed E-state index contributed by atoms with van der Waals surface area (Å²) in [6.07, 6.45) is -0.462. The van der Waals surface area contributed by atoms with E-state index in [2.05, 4.69) is 15.6 Å². The molecule has 182 valence electrons. The molecule has 0 bridgehead atoms. The molecular weight excluding hydrogens is 446 g/mol. The third kappa shape index (κ3) is 6.49. The van der Waals surface area contributed by atoms with Gasteiger partial charge in [-0.3, -0.25) is 14.9 Å². The van der Waals surface area contributed by atoms with Gasteiger partial charge in [-0.25, -0.2) is 18.6 Å². The maximum atomic E-state index is 14.1. The molecule has 3 rings (SSSR count). The van der Waals surface area contributed by atoms with E-state index < -0.39 is 48.3 Å². The molecule has 2 aromatic rings. The second-order valence-electron chi connectivity index (χ2n) is 9.21. The molecule has 3 amide bonds. The highest BCUT2D eigenvalue weighted by Crippen LogP contribution is 2.39. The van der Waals surface area contributed by atoms with Crippen LogP contribution in [0.4, 0.5) is 25.1 Å². The number of rotatable bonds is 3. The Morgan fingerprint density at radius 2 is 1.82 bits per heavy atom. The number of amides is 3. The minimum atomic E-state index is -2.92. The first-order chi connectivity index (χ1) is 15.8. The number of halogens is 2. The van der Waals surface area contributed by atoms with E-state index in [1.54, 1.807) is 58.0 Å². The summed E-state index contributed by atoms with van der Waals surface area (Å²) in [7, 11) is 0. The third-order valence-corrected chi connectivity index (χ3v) is 5.18. The molecular formula is C24H28F2N4O4. The van der Waals surface area contributed by atoms with Gasteiger partial charge in [-0.1, -0.05) is 30.3 Å². The SMILES string of the molecule is Cc1cc(NC(=O)C(=O)N2CCC(F)(F)C[C@H]2c2ccccc2)cnc1NC(=O)OC(C)(C)C. The van der Waals surface area contributed by atoms with Crippen molar-refractivity contribution < 1.29 is 27.9 Å². The van der Waals surface area contributed by atoms with Gasteiger partial charge in [-0.2, -0.15) is 0 Å². The number of aromatic nitrogens is 1. The standard InChI is InChI=1S/C24H28F2N4O4/c1-15-12-17(14-27-19(15)29-22(33)34-23(2,3)4)28-20(31)21(32)30-11-10-24(25,26)13-18(30)16-8-6-5-7-9-16/h5-9,12,14,18H,10-11,13H2,1-4H3,(H,28,31)(H,27,29,33)/t18-/m0/s1. The number of nitrogens with one attached hydrogen (secondary N) is 2. The number of benzene rings is 1. The number of ether oxygens (including phenoxy) is 1. The minimum absolute atomic E-state index is 0.226. The van der Waals surface area contributed by atoms with Crippen LogP contribution in [0.15, 0.2) is 42.6 Å². The van der Waals surface area contributed by atoms with E-state index in [4.69, 9.17) is 4.74 Å². The highest BCUT2D eigenvalue weighted by atomic mass is 19.3. The van der Waals surface area contributed by atoms with Crippen LogP contribution in [0, 0.1) is 6.92 Å². The summed E-state index contributed by atoms with van der Waals surface area (Å²) < 4.78 is 33.4. The molecule has 10 heteroatoms. The molecule has 0 aliphatic carbocycles. The van der Waals surface area contributed by atoms with Crippen molar-refractivity contribution in [2.75, 3.05) is 17.2 Å². The summed E-state index contributed by atoms with van der Waals surface area (Å²) in [6, 6.07) is 9.09. The molecule has 0 unspecified atom stereocenters. The lowest BCUT2D eigenvalue weighted by Crippen LogP contribution is -2.48. The lowest BCUT2D eigenvalue weighted by Gasteiger charge is -2.39. The predicted molar refractivity (Wildman–Crippen MR) is 123 cm³/mol. The van der Waals surface area contributed by atoms with E-state index in [0.717, 1.165) is 0 Å². The first kappa shape index (κ1) is 25.1. The second-order valence-corrected chi connectivity index (χ2v) is 9.21. The average molecular weight is 475 g/mol. The smallest absolute Gasteiger partial charge is 0.413 e. The molecule has 1 aliphatic heterocycles. The fraction of sp³-hybridized carbons (Fsp3) is 0.417. The van der Waals surface area contributed by atoms with Crippen molar-refractivity contribution in [2.24, 2.45) is 0 Å². The Labute approximate surface area is 196 Å². The van der Waals surface area contributed by atoms with Crippen LogP contribution in [-0.4, -0.2) is 45.9 Å². The van der Waals surface area contributed by atoms with Crippen molar-refractivity contribution in [3.63, 3.8) is 0 Å². The zero-order chi connectivity index (χ0) is 25.1. The van der Waals surface area contributed by atoms with Gasteiger partial charge in [-0.15, -0.1) is 0 Å².